The minimum Gasteiger partial charge on any atom is -0.378 e. The lowest BCUT2D eigenvalue weighted by molar-refractivity contribution is -0.125. The molecular weight excluding hydrogens is 270 g/mol. The van der Waals surface area contributed by atoms with E-state index in [-0.39, 0.29) is 5.91 Å². The number of hydrogen-bond donors (Lipinski definition) is 1. The van der Waals surface area contributed by atoms with Gasteiger partial charge in [-0.1, -0.05) is 29.2 Å². The second-order valence-corrected chi connectivity index (χ2v) is 5.98. The van der Waals surface area contributed by atoms with Crippen molar-refractivity contribution in [3.8, 4) is 0 Å². The van der Waals surface area contributed by atoms with E-state index in [1.807, 2.05) is 12.1 Å². The van der Waals surface area contributed by atoms with E-state index in [1.54, 1.807) is 18.6 Å². The maximum atomic E-state index is 11.6. The maximum Gasteiger partial charge on any atom is 0.260 e. The summed E-state index contributed by atoms with van der Waals surface area (Å²) >= 11 is 2.95. The van der Waals surface area contributed by atoms with Gasteiger partial charge >= 0.3 is 0 Å². The number of hydrogen-bond acceptors (Lipinski definition) is 6. The highest BCUT2D eigenvalue weighted by Crippen LogP contribution is 2.39. The van der Waals surface area contributed by atoms with Crippen LogP contribution in [0.5, 0.6) is 0 Å². The van der Waals surface area contributed by atoms with E-state index in [0.717, 1.165) is 14.9 Å². The molecule has 3 rings (SSSR count). The van der Waals surface area contributed by atoms with Crippen LogP contribution in [0.25, 0.3) is 0 Å². The van der Waals surface area contributed by atoms with Gasteiger partial charge < -0.3 is 10.0 Å². The zero-order valence-corrected chi connectivity index (χ0v) is 11.0. The molecule has 1 atom stereocenters. The third-order valence-corrected chi connectivity index (χ3v) is 4.54. The summed E-state index contributed by atoms with van der Waals surface area (Å²) < 4.78 is 0.850. The van der Waals surface area contributed by atoms with Gasteiger partial charge in [0.15, 0.2) is 10.4 Å². The Morgan fingerprint density at radius 1 is 1.50 bits per heavy atom. The molecule has 1 aliphatic heterocycles. The zero-order chi connectivity index (χ0) is 12.7. The standard InChI is InChI=1S/C11H9N3O2S2/c1-14-8-4-6(18-11-13-12-5-17-11)2-3-7(8)9(15)10(14)16/h2-5,9,15H,1H3. The molecule has 7 heteroatoms. The van der Waals surface area contributed by atoms with Crippen LogP contribution in [0, 0.1) is 0 Å². The fourth-order valence-electron chi connectivity index (χ4n) is 1.85. The van der Waals surface area contributed by atoms with Crippen molar-refractivity contribution < 1.29 is 9.90 Å². The molecule has 0 fully saturated rings. The molecule has 1 N–H and O–H groups in total. The van der Waals surface area contributed by atoms with E-state index in [9.17, 15) is 9.90 Å². The van der Waals surface area contributed by atoms with Crippen molar-refractivity contribution in [1.29, 1.82) is 0 Å². The summed E-state index contributed by atoms with van der Waals surface area (Å²) in [6.45, 7) is 0. The van der Waals surface area contributed by atoms with Crippen molar-refractivity contribution in [1.82, 2.24) is 10.2 Å². The van der Waals surface area contributed by atoms with E-state index < -0.39 is 6.10 Å². The van der Waals surface area contributed by atoms with Crippen LogP contribution in [-0.4, -0.2) is 28.3 Å². The normalized spacial score (nSPS) is 18.2. The fourth-order valence-corrected chi connectivity index (χ4v) is 3.34. The number of likely N-dealkylation sites (N-methyl/N-ethyl adjacent to an activating group) is 1. The largest absolute Gasteiger partial charge is 0.378 e. The Labute approximate surface area is 111 Å². The molecule has 1 aromatic heterocycles. The Bertz CT molecular complexity index is 600. The van der Waals surface area contributed by atoms with Gasteiger partial charge in [0.25, 0.3) is 5.91 Å². The van der Waals surface area contributed by atoms with Gasteiger partial charge in [-0.2, -0.15) is 0 Å². The smallest absolute Gasteiger partial charge is 0.260 e. The van der Waals surface area contributed by atoms with Crippen molar-refractivity contribution in [2.75, 3.05) is 11.9 Å². The minimum absolute atomic E-state index is 0.289. The predicted molar refractivity (Wildman–Crippen MR) is 68.8 cm³/mol. The van der Waals surface area contributed by atoms with Crippen molar-refractivity contribution >= 4 is 34.7 Å². The average molecular weight is 279 g/mol. The first kappa shape index (κ1) is 11.6. The molecule has 0 bridgehead atoms. The number of anilines is 1. The average Bonchev–Trinajstić information content (AvgIpc) is 2.95. The second-order valence-electron chi connectivity index (χ2n) is 3.83. The van der Waals surface area contributed by atoms with E-state index in [2.05, 4.69) is 10.2 Å². The SMILES string of the molecule is CN1C(=O)C(O)c2ccc(Sc3nncs3)cc21. The molecule has 0 saturated carbocycles. The Morgan fingerprint density at radius 2 is 2.33 bits per heavy atom. The Kier molecular flexibility index (Phi) is 2.81. The summed E-state index contributed by atoms with van der Waals surface area (Å²) in [6.07, 6.45) is -1.04. The number of amides is 1. The molecule has 0 spiro atoms. The van der Waals surface area contributed by atoms with Crippen LogP contribution < -0.4 is 4.90 Å². The van der Waals surface area contributed by atoms with Crippen LogP contribution in [-0.2, 0) is 4.79 Å². The molecular formula is C11H9N3O2S2. The van der Waals surface area contributed by atoms with E-state index in [4.69, 9.17) is 0 Å². The molecule has 0 radical (unpaired) electrons. The monoisotopic (exact) mass is 279 g/mol. The molecule has 2 heterocycles. The van der Waals surface area contributed by atoms with Crippen LogP contribution in [0.4, 0.5) is 5.69 Å². The van der Waals surface area contributed by atoms with E-state index >= 15 is 0 Å². The first-order chi connectivity index (χ1) is 8.66. The van der Waals surface area contributed by atoms with Crippen LogP contribution in [0.15, 0.2) is 32.9 Å². The van der Waals surface area contributed by atoms with Gasteiger partial charge in [0.2, 0.25) is 0 Å². The van der Waals surface area contributed by atoms with E-state index in [0.29, 0.717) is 5.56 Å². The van der Waals surface area contributed by atoms with Crippen LogP contribution >= 0.6 is 23.1 Å². The summed E-state index contributed by atoms with van der Waals surface area (Å²) in [5, 5.41) is 17.5. The molecule has 1 unspecified atom stereocenters. The minimum atomic E-state index is -1.04. The first-order valence-corrected chi connectivity index (χ1v) is 6.90. The summed E-state index contributed by atoms with van der Waals surface area (Å²) in [5.41, 5.74) is 3.08. The van der Waals surface area contributed by atoms with Gasteiger partial charge in [-0.3, -0.25) is 4.79 Å². The van der Waals surface area contributed by atoms with Crippen LogP contribution in [0.1, 0.15) is 11.7 Å². The third-order valence-electron chi connectivity index (χ3n) is 2.77. The number of fused-ring (bicyclic) bond motifs is 1. The Hall–Kier alpha value is -1.44. The number of rotatable bonds is 2. The zero-order valence-electron chi connectivity index (χ0n) is 9.40. The van der Waals surface area contributed by atoms with Crippen LogP contribution in [0.3, 0.4) is 0 Å². The molecule has 1 aromatic carbocycles. The Balaban J connectivity index is 1.95. The number of benzene rings is 1. The van der Waals surface area contributed by atoms with Crippen LogP contribution in [0.2, 0.25) is 0 Å². The quantitative estimate of drug-likeness (QED) is 0.906. The van der Waals surface area contributed by atoms with Gasteiger partial charge in [-0.25, -0.2) is 0 Å². The van der Waals surface area contributed by atoms with E-state index in [1.165, 1.54) is 28.0 Å². The summed E-state index contributed by atoms with van der Waals surface area (Å²) in [7, 11) is 1.66. The van der Waals surface area contributed by atoms with Gasteiger partial charge in [-0.15, -0.1) is 10.2 Å². The van der Waals surface area contributed by atoms with Crippen molar-refractivity contribution in [3.05, 3.63) is 29.3 Å². The molecule has 92 valence electrons. The summed E-state index contributed by atoms with van der Waals surface area (Å²) in [5.74, 6) is -0.289. The topological polar surface area (TPSA) is 66.3 Å². The van der Waals surface area contributed by atoms with Crippen molar-refractivity contribution in [3.63, 3.8) is 0 Å². The van der Waals surface area contributed by atoms with Gasteiger partial charge in [0, 0.05) is 17.5 Å². The van der Waals surface area contributed by atoms with Gasteiger partial charge in [0.1, 0.15) is 5.51 Å². The first-order valence-electron chi connectivity index (χ1n) is 5.20. The highest BCUT2D eigenvalue weighted by molar-refractivity contribution is 8.01. The highest BCUT2D eigenvalue weighted by Gasteiger charge is 2.33. The lowest BCUT2D eigenvalue weighted by Gasteiger charge is -2.10. The third kappa shape index (κ3) is 1.80. The predicted octanol–water partition coefficient (Wildman–Crippen LogP) is 1.70. The lowest BCUT2D eigenvalue weighted by Crippen LogP contribution is -2.23. The van der Waals surface area contributed by atoms with Crippen molar-refractivity contribution in [2.45, 2.75) is 15.3 Å². The number of aliphatic hydroxyl groups is 1. The number of aliphatic hydroxyl groups excluding tert-OH is 1. The number of carbonyl (C=O) groups excluding carboxylic acids is 1. The maximum absolute atomic E-state index is 11.6. The number of nitrogens with zero attached hydrogens (tertiary/aromatic N) is 3. The fraction of sp³-hybridized carbons (Fsp3) is 0.182. The molecule has 1 aliphatic rings. The van der Waals surface area contributed by atoms with Crippen molar-refractivity contribution in [2.24, 2.45) is 0 Å². The second kappa shape index (κ2) is 4.34. The summed E-state index contributed by atoms with van der Waals surface area (Å²) in [6, 6.07) is 5.54. The molecule has 0 saturated heterocycles. The summed E-state index contributed by atoms with van der Waals surface area (Å²) in [4.78, 5) is 14.1. The molecule has 18 heavy (non-hydrogen) atoms. The number of aromatic nitrogens is 2. The molecule has 1 amide bonds. The molecule has 5 nitrogen and oxygen atoms in total. The lowest BCUT2D eigenvalue weighted by atomic mass is 10.1. The van der Waals surface area contributed by atoms with Gasteiger partial charge in [-0.05, 0) is 12.1 Å². The highest BCUT2D eigenvalue weighted by atomic mass is 32.2. The molecule has 2 aromatic rings. The van der Waals surface area contributed by atoms with Gasteiger partial charge in [0.05, 0.1) is 5.69 Å². The number of carbonyl (C=O) groups is 1. The Morgan fingerprint density at radius 3 is 3.06 bits per heavy atom. The molecule has 0 aliphatic carbocycles.